The van der Waals surface area contributed by atoms with Crippen molar-refractivity contribution in [2.75, 3.05) is 32.8 Å². The lowest BCUT2D eigenvalue weighted by Gasteiger charge is -2.64. The summed E-state index contributed by atoms with van der Waals surface area (Å²) in [4.78, 5) is 14.5. The predicted molar refractivity (Wildman–Crippen MR) is 179 cm³/mol. The molecule has 2 bridgehead atoms. The minimum absolute atomic E-state index is 0.0174. The Labute approximate surface area is 288 Å². The third-order valence-electron chi connectivity index (χ3n) is 16.6. The van der Waals surface area contributed by atoms with Gasteiger partial charge in [-0.25, -0.2) is 0 Å². The Balaban J connectivity index is 1.04. The molecule has 272 valence electrons. The maximum absolute atomic E-state index is 12.6. The monoisotopic (exact) mass is 673 g/mol. The molecule has 8 rings (SSSR count). The first-order valence-corrected chi connectivity index (χ1v) is 19.3. The number of aliphatic hydroxyl groups is 2. The van der Waals surface area contributed by atoms with E-state index >= 15 is 0 Å². The van der Waals surface area contributed by atoms with Gasteiger partial charge in [0.25, 0.3) is 0 Å². The highest BCUT2D eigenvalue weighted by Crippen LogP contribution is 2.89. The van der Waals surface area contributed by atoms with Crippen LogP contribution in [0.1, 0.15) is 107 Å². The van der Waals surface area contributed by atoms with Crippen molar-refractivity contribution in [2.45, 2.75) is 155 Å². The number of ether oxygens (including phenoxy) is 5. The summed E-state index contributed by atoms with van der Waals surface area (Å²) in [7, 11) is 0. The second-order valence-corrected chi connectivity index (χ2v) is 19.3. The standard InChI is InChI=1S/C39H63NO8/c1-22-19-24(32(35(5,6)43)46-23(2)41)47-30-29(22)36(7)13-14-39-21-38(39)12-11-28(48-33-25-20-40(15-17-44-25)16-18-45-33)34(3,4)26(38)9-10-27(39)37(36,8)31(30)42/h22,24-33,42-43H,9-21H2,1-8H3/t22-,24-,25-,26+,27+,28+,29+,30+,31+,32+,33+,36-,37-,38-,39+/m1/s1. The number of rotatable bonds is 5. The molecule has 0 amide bonds. The van der Waals surface area contributed by atoms with Crippen molar-refractivity contribution in [1.82, 2.24) is 4.90 Å². The molecule has 0 aromatic carbocycles. The quantitative estimate of drug-likeness (QED) is 0.393. The molecule has 2 spiro atoms. The summed E-state index contributed by atoms with van der Waals surface area (Å²) in [5, 5.41) is 23.6. The fraction of sp³-hybridized carbons (Fsp3) is 0.974. The molecule has 3 saturated heterocycles. The first kappa shape index (κ1) is 34.3. The van der Waals surface area contributed by atoms with E-state index in [1.54, 1.807) is 13.8 Å². The van der Waals surface area contributed by atoms with E-state index in [4.69, 9.17) is 23.7 Å². The summed E-state index contributed by atoms with van der Waals surface area (Å²) in [6.45, 7) is 21.1. The Kier molecular flexibility index (Phi) is 7.93. The van der Waals surface area contributed by atoms with Crippen molar-refractivity contribution in [1.29, 1.82) is 0 Å². The molecule has 9 heteroatoms. The third kappa shape index (κ3) is 4.55. The number of carbonyl (C=O) groups excluding carboxylic acids is 1. The lowest BCUT2D eigenvalue weighted by molar-refractivity contribution is -0.261. The van der Waals surface area contributed by atoms with Crippen LogP contribution in [0.3, 0.4) is 0 Å². The zero-order chi connectivity index (χ0) is 34.2. The highest BCUT2D eigenvalue weighted by Gasteiger charge is 2.84. The van der Waals surface area contributed by atoms with Crippen molar-refractivity contribution in [3.05, 3.63) is 0 Å². The second kappa shape index (κ2) is 11.1. The van der Waals surface area contributed by atoms with E-state index in [0.717, 1.165) is 45.5 Å². The summed E-state index contributed by atoms with van der Waals surface area (Å²) in [5.74, 6) is 1.09. The predicted octanol–water partition coefficient (Wildman–Crippen LogP) is 4.94. The van der Waals surface area contributed by atoms with Crippen LogP contribution in [0.15, 0.2) is 0 Å². The molecule has 16 atom stereocenters. The molecule has 5 aliphatic carbocycles. The van der Waals surface area contributed by atoms with E-state index in [2.05, 4.69) is 39.5 Å². The van der Waals surface area contributed by atoms with Crippen molar-refractivity contribution in [3.63, 3.8) is 0 Å². The van der Waals surface area contributed by atoms with Gasteiger partial charge in [0.05, 0.1) is 43.2 Å². The number of carbonyl (C=O) groups is 1. The van der Waals surface area contributed by atoms with Crippen molar-refractivity contribution < 1.29 is 38.7 Å². The summed E-state index contributed by atoms with van der Waals surface area (Å²) in [6, 6.07) is 0. The van der Waals surface area contributed by atoms with Gasteiger partial charge in [-0.3, -0.25) is 9.69 Å². The zero-order valence-electron chi connectivity index (χ0n) is 30.8. The van der Waals surface area contributed by atoms with Crippen LogP contribution in [-0.4, -0.2) is 102 Å². The molecular formula is C39H63NO8. The van der Waals surface area contributed by atoms with Gasteiger partial charge in [-0.05, 0) is 111 Å². The SMILES string of the molecule is CC(=O)O[C@@H]([C@H]1C[C@@H](C)[C@H]2[C@H](O1)[C@H](O)[C@@]1(C)[C@@H]3CC[C@H]4C(C)(C)[C@@H](O[C@@H]5OCCN6CCO[C@@H]5C6)CC[C@@]45C[C@@]35CC[C@]21C)C(C)(C)O. The first-order chi connectivity index (χ1) is 22.5. The highest BCUT2D eigenvalue weighted by atomic mass is 16.7. The molecule has 5 saturated carbocycles. The van der Waals surface area contributed by atoms with Crippen molar-refractivity contribution in [3.8, 4) is 0 Å². The van der Waals surface area contributed by atoms with Crippen LogP contribution in [0, 0.1) is 50.7 Å². The van der Waals surface area contributed by atoms with Crippen LogP contribution in [0.4, 0.5) is 0 Å². The largest absolute Gasteiger partial charge is 0.457 e. The molecule has 48 heavy (non-hydrogen) atoms. The van der Waals surface area contributed by atoms with Gasteiger partial charge in [0, 0.05) is 32.0 Å². The average molecular weight is 674 g/mol. The number of hydrogen-bond acceptors (Lipinski definition) is 9. The number of morpholine rings is 1. The number of hydrogen-bond donors (Lipinski definition) is 2. The van der Waals surface area contributed by atoms with Gasteiger partial charge in [-0.1, -0.05) is 34.6 Å². The lowest BCUT2D eigenvalue weighted by Crippen LogP contribution is -2.60. The fourth-order valence-corrected chi connectivity index (χ4v) is 14.4. The Hall–Kier alpha value is -0.810. The number of nitrogens with zero attached hydrogens (tertiary/aromatic N) is 1. The van der Waals surface area contributed by atoms with Crippen LogP contribution in [0.5, 0.6) is 0 Å². The summed E-state index contributed by atoms with van der Waals surface area (Å²) < 4.78 is 32.0. The summed E-state index contributed by atoms with van der Waals surface area (Å²) >= 11 is 0. The van der Waals surface area contributed by atoms with Crippen LogP contribution in [-0.2, 0) is 28.5 Å². The molecule has 8 aliphatic rings. The van der Waals surface area contributed by atoms with Crippen LogP contribution >= 0.6 is 0 Å². The van der Waals surface area contributed by atoms with E-state index in [9.17, 15) is 15.0 Å². The minimum Gasteiger partial charge on any atom is -0.457 e. The average Bonchev–Trinajstić information content (AvgIpc) is 3.67. The topological polar surface area (TPSA) is 107 Å². The Morgan fingerprint density at radius 3 is 2.38 bits per heavy atom. The Morgan fingerprint density at radius 1 is 0.979 bits per heavy atom. The maximum atomic E-state index is 12.6. The fourth-order valence-electron chi connectivity index (χ4n) is 14.4. The molecule has 8 fully saturated rings. The van der Waals surface area contributed by atoms with Gasteiger partial charge in [-0.2, -0.15) is 0 Å². The van der Waals surface area contributed by atoms with E-state index in [0.29, 0.717) is 30.3 Å². The number of fused-ring (bicyclic) bond motifs is 6. The highest BCUT2D eigenvalue weighted by molar-refractivity contribution is 5.66. The van der Waals surface area contributed by atoms with Gasteiger partial charge in [0.2, 0.25) is 0 Å². The van der Waals surface area contributed by atoms with Crippen molar-refractivity contribution >= 4 is 5.97 Å². The van der Waals surface area contributed by atoms with Gasteiger partial charge in [-0.15, -0.1) is 0 Å². The molecule has 9 nitrogen and oxygen atoms in total. The molecule has 0 aromatic rings. The summed E-state index contributed by atoms with van der Waals surface area (Å²) in [6.07, 6.45) is 6.47. The molecule has 3 heterocycles. The van der Waals surface area contributed by atoms with Gasteiger partial charge in [0.15, 0.2) is 12.4 Å². The van der Waals surface area contributed by atoms with Crippen LogP contribution in [0.25, 0.3) is 0 Å². The Morgan fingerprint density at radius 2 is 1.67 bits per heavy atom. The molecule has 3 aliphatic heterocycles. The summed E-state index contributed by atoms with van der Waals surface area (Å²) in [5.41, 5.74) is -1.01. The van der Waals surface area contributed by atoms with E-state index in [-0.39, 0.29) is 58.1 Å². The molecule has 0 radical (unpaired) electrons. The first-order valence-electron chi connectivity index (χ1n) is 19.3. The van der Waals surface area contributed by atoms with Gasteiger partial charge >= 0.3 is 5.97 Å². The molecular weight excluding hydrogens is 610 g/mol. The molecule has 0 aromatic heterocycles. The smallest absolute Gasteiger partial charge is 0.303 e. The van der Waals surface area contributed by atoms with Crippen LogP contribution < -0.4 is 0 Å². The van der Waals surface area contributed by atoms with E-state index < -0.39 is 29.9 Å². The zero-order valence-corrected chi connectivity index (χ0v) is 30.8. The van der Waals surface area contributed by atoms with Crippen molar-refractivity contribution in [2.24, 2.45) is 50.7 Å². The number of esters is 1. The number of aliphatic hydroxyl groups excluding tert-OH is 1. The lowest BCUT2D eigenvalue weighted by atomic mass is 9.41. The third-order valence-corrected chi connectivity index (χ3v) is 16.6. The maximum Gasteiger partial charge on any atom is 0.303 e. The van der Waals surface area contributed by atoms with E-state index in [1.165, 1.54) is 32.6 Å². The Bertz CT molecular complexity index is 1280. The molecule has 2 N–H and O–H groups in total. The normalized spacial score (nSPS) is 54.3. The minimum atomic E-state index is -1.25. The second-order valence-electron chi connectivity index (χ2n) is 19.3. The van der Waals surface area contributed by atoms with Gasteiger partial charge < -0.3 is 33.9 Å². The molecule has 1 unspecified atom stereocenters. The van der Waals surface area contributed by atoms with Gasteiger partial charge in [0.1, 0.15) is 6.10 Å². The van der Waals surface area contributed by atoms with E-state index in [1.807, 2.05) is 0 Å². The van der Waals surface area contributed by atoms with Crippen LogP contribution in [0.2, 0.25) is 0 Å².